The van der Waals surface area contributed by atoms with E-state index in [9.17, 15) is 0 Å². The van der Waals surface area contributed by atoms with Crippen molar-refractivity contribution in [3.63, 3.8) is 0 Å². The highest BCUT2D eigenvalue weighted by Crippen LogP contribution is 2.33. The molecule has 1 aliphatic rings. The molecule has 1 aliphatic heterocycles. The summed E-state index contributed by atoms with van der Waals surface area (Å²) in [7, 11) is -6.99. The number of hydrogen-bond donors (Lipinski definition) is 0. The van der Waals surface area contributed by atoms with Gasteiger partial charge in [0.05, 0.1) is 6.61 Å². The lowest BCUT2D eigenvalue weighted by Gasteiger charge is -2.35. The lowest BCUT2D eigenvalue weighted by atomic mass is 10.1. The first kappa shape index (κ1) is 24.7. The van der Waals surface area contributed by atoms with E-state index in [4.69, 9.17) is 22.4 Å². The SMILES string of the molecule is C[Si](C)(C)OC[C@H]1OC(O[Si](C)(C)C)[C@H](O[Si](C)(C)C)[C@H]1O[Si](C)(C)C. The summed E-state index contributed by atoms with van der Waals surface area (Å²) in [4.78, 5) is 0. The molecule has 0 aromatic rings. The van der Waals surface area contributed by atoms with E-state index in [1.54, 1.807) is 0 Å². The summed E-state index contributed by atoms with van der Waals surface area (Å²) < 4.78 is 32.0. The maximum atomic E-state index is 6.56. The van der Waals surface area contributed by atoms with E-state index in [0.717, 1.165) is 0 Å². The van der Waals surface area contributed by atoms with Crippen LogP contribution in [0.4, 0.5) is 0 Å². The zero-order chi connectivity index (χ0) is 20.6. The summed E-state index contributed by atoms with van der Waals surface area (Å²) in [5, 5.41) is 0. The van der Waals surface area contributed by atoms with Crippen molar-refractivity contribution in [3.05, 3.63) is 0 Å². The predicted molar refractivity (Wildman–Crippen MR) is 119 cm³/mol. The Hall–Kier alpha value is 0.668. The summed E-state index contributed by atoms with van der Waals surface area (Å²) in [6.07, 6.45) is -0.831. The lowest BCUT2D eigenvalue weighted by molar-refractivity contribution is -0.116. The van der Waals surface area contributed by atoms with E-state index in [-0.39, 0.29) is 24.6 Å². The van der Waals surface area contributed by atoms with Crippen molar-refractivity contribution in [2.75, 3.05) is 6.61 Å². The van der Waals surface area contributed by atoms with Crippen molar-refractivity contribution in [2.24, 2.45) is 0 Å². The minimum Gasteiger partial charge on any atom is -0.415 e. The second-order valence-corrected chi connectivity index (χ2v) is 29.0. The van der Waals surface area contributed by atoms with Gasteiger partial charge in [-0.25, -0.2) is 0 Å². The van der Waals surface area contributed by atoms with Crippen LogP contribution in [0.25, 0.3) is 0 Å². The molecule has 26 heavy (non-hydrogen) atoms. The van der Waals surface area contributed by atoms with Gasteiger partial charge in [0.1, 0.15) is 18.3 Å². The van der Waals surface area contributed by atoms with Gasteiger partial charge in [0.2, 0.25) is 0 Å². The third-order valence-electron chi connectivity index (χ3n) is 3.40. The Kier molecular flexibility index (Phi) is 8.15. The number of hydrogen-bond acceptors (Lipinski definition) is 5. The van der Waals surface area contributed by atoms with Gasteiger partial charge in [0, 0.05) is 0 Å². The Balaban J connectivity index is 3.10. The van der Waals surface area contributed by atoms with Crippen molar-refractivity contribution in [3.8, 4) is 0 Å². The van der Waals surface area contributed by atoms with Crippen LogP contribution in [0.2, 0.25) is 78.6 Å². The molecule has 1 rings (SSSR count). The first-order valence-electron chi connectivity index (χ1n) is 9.69. The van der Waals surface area contributed by atoms with Crippen molar-refractivity contribution < 1.29 is 22.4 Å². The Morgan fingerprint density at radius 1 is 0.577 bits per heavy atom. The molecule has 156 valence electrons. The summed E-state index contributed by atoms with van der Waals surface area (Å²) in [6, 6.07) is 0. The highest BCUT2D eigenvalue weighted by Gasteiger charge is 2.51. The average molecular weight is 439 g/mol. The van der Waals surface area contributed by atoms with Crippen molar-refractivity contribution in [1.29, 1.82) is 0 Å². The van der Waals surface area contributed by atoms with Crippen LogP contribution in [-0.2, 0) is 22.4 Å². The Bertz CT molecular complexity index is 448. The third kappa shape index (κ3) is 9.74. The van der Waals surface area contributed by atoms with Crippen LogP contribution < -0.4 is 0 Å². The van der Waals surface area contributed by atoms with Crippen molar-refractivity contribution in [2.45, 2.75) is 103 Å². The fourth-order valence-electron chi connectivity index (χ4n) is 2.69. The maximum Gasteiger partial charge on any atom is 0.187 e. The van der Waals surface area contributed by atoms with E-state index in [0.29, 0.717) is 6.61 Å². The molecule has 0 aromatic carbocycles. The monoisotopic (exact) mass is 438 g/mol. The van der Waals surface area contributed by atoms with Crippen LogP contribution in [0, 0.1) is 0 Å². The topological polar surface area (TPSA) is 46.2 Å². The van der Waals surface area contributed by atoms with Gasteiger partial charge in [0.15, 0.2) is 39.6 Å². The lowest BCUT2D eigenvalue weighted by Crippen LogP contribution is -2.50. The van der Waals surface area contributed by atoms with Gasteiger partial charge < -0.3 is 22.4 Å². The van der Waals surface area contributed by atoms with Gasteiger partial charge in [-0.1, -0.05) is 0 Å². The second-order valence-electron chi connectivity index (χ2n) is 11.1. The molecule has 0 spiro atoms. The highest BCUT2D eigenvalue weighted by atomic mass is 28.4. The van der Waals surface area contributed by atoms with E-state index >= 15 is 0 Å². The van der Waals surface area contributed by atoms with Crippen LogP contribution in [0.5, 0.6) is 0 Å². The number of ether oxygens (including phenoxy) is 1. The molecule has 0 aliphatic carbocycles. The smallest absolute Gasteiger partial charge is 0.187 e. The molecule has 0 radical (unpaired) electrons. The van der Waals surface area contributed by atoms with E-state index in [1.807, 2.05) is 0 Å². The van der Waals surface area contributed by atoms with Crippen LogP contribution in [0.1, 0.15) is 0 Å². The maximum absolute atomic E-state index is 6.56. The quantitative estimate of drug-likeness (QED) is 0.481. The fraction of sp³-hybridized carbons (Fsp3) is 1.00. The molecular weight excluding hydrogens is 397 g/mol. The van der Waals surface area contributed by atoms with Gasteiger partial charge >= 0.3 is 0 Å². The molecule has 9 heteroatoms. The summed E-state index contributed by atoms with van der Waals surface area (Å²) in [5.74, 6) is 0. The molecular formula is C17H42O5Si4. The normalized spacial score (nSPS) is 28.6. The summed E-state index contributed by atoms with van der Waals surface area (Å²) in [6.45, 7) is 26.9. The van der Waals surface area contributed by atoms with Crippen LogP contribution in [0.15, 0.2) is 0 Å². The fourth-order valence-corrected chi connectivity index (χ4v) is 6.40. The average Bonchev–Trinajstić information content (AvgIpc) is 2.59. The first-order valence-corrected chi connectivity index (χ1v) is 23.3. The molecule has 1 saturated heterocycles. The Morgan fingerprint density at radius 2 is 1.00 bits per heavy atom. The number of rotatable bonds is 9. The highest BCUT2D eigenvalue weighted by molar-refractivity contribution is 6.71. The van der Waals surface area contributed by atoms with Crippen molar-refractivity contribution >= 4 is 33.3 Å². The molecule has 0 bridgehead atoms. The van der Waals surface area contributed by atoms with Crippen LogP contribution in [-0.4, -0.2) is 64.5 Å². The summed E-state index contributed by atoms with van der Waals surface area (Å²) in [5.41, 5.74) is 0. The van der Waals surface area contributed by atoms with Gasteiger partial charge in [-0.05, 0) is 78.6 Å². The molecule has 0 amide bonds. The molecule has 0 N–H and O–H groups in total. The molecule has 5 nitrogen and oxygen atoms in total. The zero-order valence-electron chi connectivity index (χ0n) is 19.1. The zero-order valence-corrected chi connectivity index (χ0v) is 23.1. The molecule has 4 atom stereocenters. The predicted octanol–water partition coefficient (Wildman–Crippen LogP) is 4.85. The van der Waals surface area contributed by atoms with Gasteiger partial charge in [-0.15, -0.1) is 0 Å². The van der Waals surface area contributed by atoms with E-state index in [2.05, 4.69) is 78.6 Å². The standard InChI is InChI=1S/C17H42O5Si4/c1-23(2,3)18-13-14-15(20-24(4,5)6)16(21-25(7,8)9)17(19-14)22-26(10,11)12/h14-17H,13H2,1-12H3/t14-,15+,16-,17?/m1/s1. The summed E-state index contributed by atoms with van der Waals surface area (Å²) >= 11 is 0. The van der Waals surface area contributed by atoms with Crippen LogP contribution >= 0.6 is 0 Å². The largest absolute Gasteiger partial charge is 0.415 e. The Morgan fingerprint density at radius 3 is 1.38 bits per heavy atom. The molecule has 0 saturated carbocycles. The minimum absolute atomic E-state index is 0.133. The van der Waals surface area contributed by atoms with Crippen LogP contribution in [0.3, 0.4) is 0 Å². The van der Waals surface area contributed by atoms with Crippen molar-refractivity contribution in [1.82, 2.24) is 0 Å². The first-order chi connectivity index (χ1) is 11.4. The van der Waals surface area contributed by atoms with Gasteiger partial charge in [-0.3, -0.25) is 0 Å². The molecule has 0 aromatic heterocycles. The third-order valence-corrected chi connectivity index (χ3v) is 7.33. The molecule has 1 fully saturated rings. The van der Waals surface area contributed by atoms with E-state index in [1.165, 1.54) is 0 Å². The Labute approximate surface area is 165 Å². The van der Waals surface area contributed by atoms with E-state index < -0.39 is 33.3 Å². The molecule has 1 heterocycles. The van der Waals surface area contributed by atoms with Gasteiger partial charge in [0.25, 0.3) is 0 Å². The molecule has 1 unspecified atom stereocenters. The second kappa shape index (κ2) is 8.58. The van der Waals surface area contributed by atoms with Gasteiger partial charge in [-0.2, -0.15) is 0 Å². The minimum atomic E-state index is -1.79.